The standard InChI is InChI=1S/C22H23N3O2/c1-15(16-7-3-2-4-8-16)23-21(26)14-13-20-24-19-10-6-5-9-18(19)22(27)25(20)17-11-12-17/h2-10,15,17H,11-14H2,1H3,(H,23,26). The first-order valence-corrected chi connectivity index (χ1v) is 9.48. The van der Waals surface area contributed by atoms with Gasteiger partial charge in [-0.25, -0.2) is 4.98 Å². The Morgan fingerprint density at radius 2 is 1.85 bits per heavy atom. The molecule has 3 aromatic rings. The molecule has 0 bridgehead atoms. The Balaban J connectivity index is 1.51. The molecule has 4 rings (SSSR count). The van der Waals surface area contributed by atoms with Crippen LogP contribution in [0.2, 0.25) is 0 Å². The Kier molecular flexibility index (Phi) is 4.75. The Labute approximate surface area is 158 Å². The summed E-state index contributed by atoms with van der Waals surface area (Å²) in [5, 5.41) is 3.68. The maximum atomic E-state index is 12.9. The zero-order valence-corrected chi connectivity index (χ0v) is 15.4. The summed E-state index contributed by atoms with van der Waals surface area (Å²) in [6, 6.07) is 17.5. The van der Waals surface area contributed by atoms with Crippen LogP contribution in [0.5, 0.6) is 0 Å². The molecule has 1 aliphatic carbocycles. The van der Waals surface area contributed by atoms with Crippen LogP contribution in [-0.4, -0.2) is 15.5 Å². The minimum absolute atomic E-state index is 0.0103. The topological polar surface area (TPSA) is 64.0 Å². The summed E-state index contributed by atoms with van der Waals surface area (Å²) in [7, 11) is 0. The maximum Gasteiger partial charge on any atom is 0.261 e. The van der Waals surface area contributed by atoms with Gasteiger partial charge in [-0.1, -0.05) is 42.5 Å². The van der Waals surface area contributed by atoms with Crippen molar-refractivity contribution in [3.05, 3.63) is 76.3 Å². The van der Waals surface area contributed by atoms with E-state index in [1.807, 2.05) is 61.5 Å². The van der Waals surface area contributed by atoms with E-state index < -0.39 is 0 Å². The zero-order valence-electron chi connectivity index (χ0n) is 15.4. The summed E-state index contributed by atoms with van der Waals surface area (Å²) in [5.74, 6) is 0.680. The van der Waals surface area contributed by atoms with Crippen LogP contribution in [0.3, 0.4) is 0 Å². The number of aryl methyl sites for hydroxylation is 1. The summed E-state index contributed by atoms with van der Waals surface area (Å²) in [4.78, 5) is 30.0. The van der Waals surface area contributed by atoms with Crippen LogP contribution in [0, 0.1) is 0 Å². The van der Waals surface area contributed by atoms with Crippen LogP contribution in [0.25, 0.3) is 10.9 Å². The first-order chi connectivity index (χ1) is 13.1. The van der Waals surface area contributed by atoms with E-state index in [1.165, 1.54) is 0 Å². The largest absolute Gasteiger partial charge is 0.350 e. The van der Waals surface area contributed by atoms with Crippen molar-refractivity contribution in [1.29, 1.82) is 0 Å². The van der Waals surface area contributed by atoms with Gasteiger partial charge in [0.1, 0.15) is 5.82 Å². The van der Waals surface area contributed by atoms with Gasteiger partial charge < -0.3 is 5.32 Å². The Morgan fingerprint density at radius 1 is 1.15 bits per heavy atom. The summed E-state index contributed by atoms with van der Waals surface area (Å²) in [6.45, 7) is 1.97. The van der Waals surface area contributed by atoms with Crippen molar-refractivity contribution < 1.29 is 4.79 Å². The maximum absolute atomic E-state index is 12.9. The summed E-state index contributed by atoms with van der Waals surface area (Å²) in [5.41, 5.74) is 1.79. The number of carbonyl (C=O) groups is 1. The fraction of sp³-hybridized carbons (Fsp3) is 0.318. The molecule has 1 aromatic heterocycles. The molecule has 1 unspecified atom stereocenters. The molecule has 0 aliphatic heterocycles. The third-order valence-electron chi connectivity index (χ3n) is 5.05. The predicted molar refractivity (Wildman–Crippen MR) is 106 cm³/mol. The lowest BCUT2D eigenvalue weighted by atomic mass is 10.1. The fourth-order valence-electron chi connectivity index (χ4n) is 3.44. The van der Waals surface area contributed by atoms with E-state index in [1.54, 1.807) is 4.57 Å². The van der Waals surface area contributed by atoms with Crippen molar-refractivity contribution in [2.75, 3.05) is 0 Å². The van der Waals surface area contributed by atoms with Crippen LogP contribution in [-0.2, 0) is 11.2 Å². The normalized spacial score (nSPS) is 14.9. The third kappa shape index (κ3) is 3.77. The molecule has 1 atom stereocenters. The fourth-order valence-corrected chi connectivity index (χ4v) is 3.44. The first kappa shape index (κ1) is 17.5. The zero-order chi connectivity index (χ0) is 18.8. The Hall–Kier alpha value is -2.95. The lowest BCUT2D eigenvalue weighted by Crippen LogP contribution is -2.29. The van der Waals surface area contributed by atoms with Gasteiger partial charge in [-0.05, 0) is 37.5 Å². The molecule has 5 nitrogen and oxygen atoms in total. The molecule has 1 saturated carbocycles. The highest BCUT2D eigenvalue weighted by molar-refractivity contribution is 5.78. The highest BCUT2D eigenvalue weighted by Gasteiger charge is 2.28. The Bertz CT molecular complexity index is 1020. The second kappa shape index (κ2) is 7.35. The van der Waals surface area contributed by atoms with Gasteiger partial charge in [-0.3, -0.25) is 14.2 Å². The van der Waals surface area contributed by atoms with Crippen LogP contribution < -0.4 is 10.9 Å². The minimum atomic E-state index is -0.0473. The smallest absolute Gasteiger partial charge is 0.261 e. The van der Waals surface area contributed by atoms with Gasteiger partial charge in [0.25, 0.3) is 5.56 Å². The van der Waals surface area contributed by atoms with Crippen molar-refractivity contribution in [2.24, 2.45) is 0 Å². The molecule has 138 valence electrons. The van der Waals surface area contributed by atoms with E-state index >= 15 is 0 Å². The van der Waals surface area contributed by atoms with Crippen molar-refractivity contribution in [3.63, 3.8) is 0 Å². The predicted octanol–water partition coefficient (Wildman–Crippen LogP) is 3.54. The molecule has 5 heteroatoms. The highest BCUT2D eigenvalue weighted by atomic mass is 16.1. The van der Waals surface area contributed by atoms with E-state index in [4.69, 9.17) is 0 Å². The van der Waals surface area contributed by atoms with Gasteiger partial charge >= 0.3 is 0 Å². The van der Waals surface area contributed by atoms with Crippen LogP contribution in [0.15, 0.2) is 59.4 Å². The first-order valence-electron chi connectivity index (χ1n) is 9.48. The molecule has 1 fully saturated rings. The number of hydrogen-bond donors (Lipinski definition) is 1. The molecule has 27 heavy (non-hydrogen) atoms. The number of nitrogens with zero attached hydrogens (tertiary/aromatic N) is 2. The number of amides is 1. The number of rotatable bonds is 6. The molecule has 1 N–H and O–H groups in total. The third-order valence-corrected chi connectivity index (χ3v) is 5.05. The van der Waals surface area contributed by atoms with Gasteiger partial charge in [0.15, 0.2) is 0 Å². The number of nitrogens with one attached hydrogen (secondary N) is 1. The number of aromatic nitrogens is 2. The number of benzene rings is 2. The van der Waals surface area contributed by atoms with Crippen molar-refractivity contribution in [3.8, 4) is 0 Å². The SMILES string of the molecule is CC(NC(=O)CCc1nc2ccccc2c(=O)n1C1CC1)c1ccccc1. The van der Waals surface area contributed by atoms with E-state index in [2.05, 4.69) is 10.3 Å². The second-order valence-corrected chi connectivity index (χ2v) is 7.15. The van der Waals surface area contributed by atoms with Crippen molar-refractivity contribution >= 4 is 16.8 Å². The molecule has 1 heterocycles. The van der Waals surface area contributed by atoms with Crippen molar-refractivity contribution in [1.82, 2.24) is 14.9 Å². The quantitative estimate of drug-likeness (QED) is 0.730. The van der Waals surface area contributed by atoms with Crippen molar-refractivity contribution in [2.45, 2.75) is 44.7 Å². The molecule has 1 amide bonds. The molecule has 1 aliphatic rings. The second-order valence-electron chi connectivity index (χ2n) is 7.15. The molecular weight excluding hydrogens is 338 g/mol. The van der Waals surface area contributed by atoms with E-state index in [9.17, 15) is 9.59 Å². The van der Waals surface area contributed by atoms with Crippen LogP contribution >= 0.6 is 0 Å². The number of fused-ring (bicyclic) bond motifs is 1. The molecule has 0 saturated heterocycles. The van der Waals surface area contributed by atoms with E-state index in [0.717, 1.165) is 18.4 Å². The van der Waals surface area contributed by atoms with Crippen LogP contribution in [0.1, 0.15) is 49.7 Å². The number of hydrogen-bond acceptors (Lipinski definition) is 3. The monoisotopic (exact) mass is 361 g/mol. The number of para-hydroxylation sites is 1. The van der Waals surface area contributed by atoms with Gasteiger partial charge in [0, 0.05) is 18.9 Å². The van der Waals surface area contributed by atoms with Gasteiger partial charge in [-0.15, -0.1) is 0 Å². The lowest BCUT2D eigenvalue weighted by molar-refractivity contribution is -0.121. The van der Waals surface area contributed by atoms with Gasteiger partial charge in [-0.2, -0.15) is 0 Å². The van der Waals surface area contributed by atoms with E-state index in [-0.39, 0.29) is 23.6 Å². The Morgan fingerprint density at radius 3 is 2.59 bits per heavy atom. The molecule has 0 radical (unpaired) electrons. The average molecular weight is 361 g/mol. The summed E-state index contributed by atoms with van der Waals surface area (Å²) >= 11 is 0. The van der Waals surface area contributed by atoms with Crippen LogP contribution in [0.4, 0.5) is 0 Å². The average Bonchev–Trinajstić information content (AvgIpc) is 3.52. The van der Waals surface area contributed by atoms with Gasteiger partial charge in [0.05, 0.1) is 16.9 Å². The lowest BCUT2D eigenvalue weighted by Gasteiger charge is -2.15. The van der Waals surface area contributed by atoms with Gasteiger partial charge in [0.2, 0.25) is 5.91 Å². The molecular formula is C22H23N3O2. The van der Waals surface area contributed by atoms with E-state index in [0.29, 0.717) is 29.6 Å². The molecule has 2 aromatic carbocycles. The summed E-state index contributed by atoms with van der Waals surface area (Å²) in [6.07, 6.45) is 2.78. The minimum Gasteiger partial charge on any atom is -0.350 e. The molecule has 0 spiro atoms. The number of carbonyl (C=O) groups excluding carboxylic acids is 1. The summed E-state index contributed by atoms with van der Waals surface area (Å²) < 4.78 is 1.80. The highest BCUT2D eigenvalue weighted by Crippen LogP contribution is 2.34.